The molecule has 22 heteroatoms. The molecule has 0 unspecified atom stereocenters. The Morgan fingerprint density at radius 1 is 0.593 bits per heavy atom. The van der Waals surface area contributed by atoms with Crippen molar-refractivity contribution in [1.82, 2.24) is 63.8 Å². The van der Waals surface area contributed by atoms with Gasteiger partial charge in [0.05, 0.1) is 91.7 Å². The number of hydrogen-bond donors (Lipinski definition) is 1. The number of nitrogens with two attached hydrogens (primary N) is 1. The number of benzene rings is 2. The molecule has 0 spiro atoms. The van der Waals surface area contributed by atoms with E-state index in [4.69, 9.17) is 66.2 Å². The number of nitrogens with zero attached hydrogens (tertiary/aromatic N) is 15. The topological polar surface area (TPSA) is 230 Å². The van der Waals surface area contributed by atoms with Gasteiger partial charge in [0.15, 0.2) is 0 Å². The standard InChI is InChI=1S/C32H34N8O2.C30H34N8O2.C2H3ClO/c1-6-42-32-25(8-7-14-35-32)26-18-27(31-30(36-26)22(4)37-40(31)21(2)3)38(19-23-9-11-24(41-5)12-10-23)20-29-33-15-13-28-34-16-17-39(28)29;1-6-40-30-23(8-7-14-33-30)24-16-25(29-28(34-24)20(4)36-38(29)19(2)3)37(18-27-32-15-13-26(31)35-27)17-21-9-11-22(39-5)12-10-21;3-1-2-4/h7-18,21H,6,19-20H2,1-5H3;7-16,19H,6,17-18H2,1-5H3,(H2,31,32,35);2H,1H2. The van der Waals surface area contributed by atoms with Crippen molar-refractivity contribution in [3.63, 3.8) is 0 Å². The van der Waals surface area contributed by atoms with E-state index in [1.54, 1.807) is 45.1 Å². The van der Waals surface area contributed by atoms with E-state index in [1.807, 2.05) is 104 Å². The summed E-state index contributed by atoms with van der Waals surface area (Å²) in [5, 5.41) is 9.83. The fourth-order valence-corrected chi connectivity index (χ4v) is 9.92. The molecule has 0 fully saturated rings. The monoisotopic (exact) mass is 1180 g/mol. The fraction of sp³-hybridized carbons (Fsp3) is 0.297. The first-order valence-corrected chi connectivity index (χ1v) is 28.8. The zero-order valence-electron chi connectivity index (χ0n) is 50.1. The summed E-state index contributed by atoms with van der Waals surface area (Å²) in [7, 11) is 3.34. The molecule has 0 atom stereocenters. The van der Waals surface area contributed by atoms with Crippen LogP contribution in [0.3, 0.4) is 0 Å². The largest absolute Gasteiger partial charge is 0.497 e. The van der Waals surface area contributed by atoms with Gasteiger partial charge in [-0.3, -0.25) is 13.8 Å². The number of aldehydes is 1. The summed E-state index contributed by atoms with van der Waals surface area (Å²) in [6.07, 6.45) is 11.3. The number of fused-ring (bicyclic) bond motifs is 3. The Kier molecular flexibility index (Phi) is 20.0. The minimum atomic E-state index is 0.111. The third kappa shape index (κ3) is 13.9. The first-order chi connectivity index (χ1) is 41.7. The molecule has 2 N–H and O–H groups in total. The molecular weight excluding hydrogens is 1110 g/mol. The van der Waals surface area contributed by atoms with E-state index in [0.29, 0.717) is 69.1 Å². The predicted octanol–water partition coefficient (Wildman–Crippen LogP) is 11.8. The molecule has 0 aliphatic heterocycles. The van der Waals surface area contributed by atoms with Crippen molar-refractivity contribution >= 4 is 62.8 Å². The fourth-order valence-electron chi connectivity index (χ4n) is 9.92. The summed E-state index contributed by atoms with van der Waals surface area (Å²) in [4.78, 5) is 51.1. The summed E-state index contributed by atoms with van der Waals surface area (Å²) >= 11 is 4.82. The molecule has 11 rings (SSSR count). The number of anilines is 3. The molecule has 0 amide bonds. The smallest absolute Gasteiger partial charge is 0.222 e. The molecule has 2 aromatic carbocycles. The lowest BCUT2D eigenvalue weighted by Gasteiger charge is -2.27. The lowest BCUT2D eigenvalue weighted by molar-refractivity contribution is -0.105. The lowest BCUT2D eigenvalue weighted by Crippen LogP contribution is -2.25. The second-order valence-electron chi connectivity index (χ2n) is 20.4. The van der Waals surface area contributed by atoms with Crippen molar-refractivity contribution in [2.45, 2.75) is 93.7 Å². The molecule has 0 radical (unpaired) electrons. The van der Waals surface area contributed by atoms with Crippen LogP contribution in [0.1, 0.15) is 87.8 Å². The molecule has 0 saturated carbocycles. The second-order valence-corrected chi connectivity index (χ2v) is 20.7. The van der Waals surface area contributed by atoms with E-state index in [1.165, 1.54) is 0 Å². The summed E-state index contributed by atoms with van der Waals surface area (Å²) in [6, 6.07) is 32.0. The van der Waals surface area contributed by atoms with Gasteiger partial charge in [-0.25, -0.2) is 39.9 Å². The highest BCUT2D eigenvalue weighted by Gasteiger charge is 2.26. The number of carbonyl (C=O) groups excluding carboxylic acids is 1. The van der Waals surface area contributed by atoms with Gasteiger partial charge in [-0.05, 0) is 139 Å². The summed E-state index contributed by atoms with van der Waals surface area (Å²) in [5.41, 5.74) is 19.5. The van der Waals surface area contributed by atoms with E-state index >= 15 is 0 Å². The summed E-state index contributed by atoms with van der Waals surface area (Å²) in [5.74, 6) is 4.73. The molecule has 9 heterocycles. The third-order valence-electron chi connectivity index (χ3n) is 13.8. The molecule has 86 heavy (non-hydrogen) atoms. The van der Waals surface area contributed by atoms with Crippen molar-refractivity contribution in [2.24, 2.45) is 0 Å². The van der Waals surface area contributed by atoms with Gasteiger partial charge in [-0.2, -0.15) is 10.2 Å². The van der Waals surface area contributed by atoms with Crippen LogP contribution in [0.4, 0.5) is 17.2 Å². The van der Waals surface area contributed by atoms with Crippen molar-refractivity contribution in [3.05, 3.63) is 168 Å². The molecule has 0 saturated heterocycles. The van der Waals surface area contributed by atoms with Gasteiger partial charge in [0.1, 0.15) is 63.0 Å². The molecular formula is C64H71ClN16O5. The number of rotatable bonds is 21. The number of methoxy groups -OCH3 is 2. The number of aromatic nitrogens is 13. The van der Waals surface area contributed by atoms with Crippen LogP contribution >= 0.6 is 11.6 Å². The number of hydrogen-bond acceptors (Lipinski definition) is 18. The van der Waals surface area contributed by atoms with Crippen molar-refractivity contribution in [1.29, 1.82) is 0 Å². The third-order valence-corrected chi connectivity index (χ3v) is 14.0. The number of ether oxygens (including phenoxy) is 4. The number of imidazole rings is 1. The Hall–Kier alpha value is -9.76. The molecule has 21 nitrogen and oxygen atoms in total. The zero-order valence-corrected chi connectivity index (χ0v) is 50.8. The first-order valence-electron chi connectivity index (χ1n) is 28.3. The number of pyridine rings is 4. The van der Waals surface area contributed by atoms with E-state index < -0.39 is 0 Å². The Morgan fingerprint density at radius 3 is 1.53 bits per heavy atom. The minimum absolute atomic E-state index is 0.111. The highest BCUT2D eigenvalue weighted by molar-refractivity contribution is 6.24. The van der Waals surface area contributed by atoms with Crippen LogP contribution in [0.2, 0.25) is 0 Å². The van der Waals surface area contributed by atoms with Gasteiger partial charge in [0, 0.05) is 62.4 Å². The normalized spacial score (nSPS) is 11.1. The van der Waals surface area contributed by atoms with Gasteiger partial charge >= 0.3 is 0 Å². The highest BCUT2D eigenvalue weighted by atomic mass is 35.5. The van der Waals surface area contributed by atoms with Gasteiger partial charge in [0.25, 0.3) is 0 Å². The average molecular weight is 1180 g/mol. The number of aryl methyl sites for hydroxylation is 2. The quantitative estimate of drug-likeness (QED) is 0.0521. The molecule has 9 aromatic heterocycles. The van der Waals surface area contributed by atoms with Crippen LogP contribution in [-0.4, -0.2) is 103 Å². The zero-order chi connectivity index (χ0) is 60.9. The number of alkyl halides is 1. The molecule has 0 aliphatic carbocycles. The second kappa shape index (κ2) is 28.2. The molecule has 444 valence electrons. The Morgan fingerprint density at radius 2 is 1.08 bits per heavy atom. The number of nitrogen functional groups attached to an aromatic ring is 1. The summed E-state index contributed by atoms with van der Waals surface area (Å²) < 4.78 is 28.7. The maximum Gasteiger partial charge on any atom is 0.222 e. The van der Waals surface area contributed by atoms with Crippen LogP contribution < -0.4 is 34.5 Å². The molecule has 0 aliphatic rings. The Balaban J connectivity index is 0.000000194. The van der Waals surface area contributed by atoms with Gasteiger partial charge in [-0.15, -0.1) is 11.6 Å². The first kappa shape index (κ1) is 60.8. The number of halogens is 1. The lowest BCUT2D eigenvalue weighted by atomic mass is 10.1. The van der Waals surface area contributed by atoms with Crippen molar-refractivity contribution in [3.8, 4) is 45.8 Å². The van der Waals surface area contributed by atoms with Crippen LogP contribution in [-0.2, 0) is 31.0 Å². The van der Waals surface area contributed by atoms with Crippen LogP contribution in [0.15, 0.2) is 134 Å². The van der Waals surface area contributed by atoms with Gasteiger partial charge in [0.2, 0.25) is 11.8 Å². The van der Waals surface area contributed by atoms with E-state index in [2.05, 4.69) is 103 Å². The SMILES string of the molecule is CCOc1ncccc1-c1cc(N(Cc2ccc(OC)cc2)Cc2nccc(N)n2)c2c(n1)c(C)nn2C(C)C.CCOc1ncccc1-c1cc(N(Cc2ccc(OC)cc2)Cc2nccc3nccn23)c2c(n1)c(C)nn2C(C)C.O=CCCl. The van der Waals surface area contributed by atoms with E-state index in [-0.39, 0.29) is 18.0 Å². The van der Waals surface area contributed by atoms with Crippen molar-refractivity contribution < 1.29 is 23.7 Å². The van der Waals surface area contributed by atoms with E-state index in [9.17, 15) is 0 Å². The minimum Gasteiger partial charge on any atom is -0.497 e. The van der Waals surface area contributed by atoms with Gasteiger partial charge in [-0.1, -0.05) is 24.3 Å². The maximum absolute atomic E-state index is 9.04. The molecule has 11 aromatic rings. The van der Waals surface area contributed by atoms with Crippen molar-refractivity contribution in [2.75, 3.05) is 48.8 Å². The maximum atomic E-state index is 9.04. The molecule has 0 bridgehead atoms. The van der Waals surface area contributed by atoms with Crippen LogP contribution in [0, 0.1) is 13.8 Å². The van der Waals surface area contributed by atoms with Crippen LogP contribution in [0.5, 0.6) is 23.3 Å². The van der Waals surface area contributed by atoms with Gasteiger partial charge < -0.3 is 39.3 Å². The Bertz CT molecular complexity index is 4060. The predicted molar refractivity (Wildman–Crippen MR) is 336 cm³/mol. The Labute approximate surface area is 504 Å². The summed E-state index contributed by atoms with van der Waals surface area (Å²) in [6.45, 7) is 19.6. The number of carbonyl (C=O) groups is 1. The van der Waals surface area contributed by atoms with E-state index in [0.717, 1.165) is 101 Å². The van der Waals surface area contributed by atoms with Crippen LogP contribution in [0.25, 0.3) is 50.2 Å². The average Bonchev–Trinajstić information content (AvgIpc) is 1.98. The highest BCUT2D eigenvalue weighted by Crippen LogP contribution is 2.40.